The van der Waals surface area contributed by atoms with Crippen LogP contribution < -0.4 is 4.74 Å². The summed E-state index contributed by atoms with van der Waals surface area (Å²) in [4.78, 5) is 0.830. The van der Waals surface area contributed by atoms with Gasteiger partial charge in [-0.15, -0.1) is 0 Å². The molecule has 1 atom stereocenters. The number of ether oxygens (including phenoxy) is 1. The van der Waals surface area contributed by atoms with Crippen molar-refractivity contribution in [2.24, 2.45) is 0 Å². The molecule has 1 N–H and O–H groups in total. The largest absolute Gasteiger partial charge is 0.486 e. The molecule has 0 saturated heterocycles. The first-order chi connectivity index (χ1) is 9.67. The second kappa shape index (κ2) is 5.51. The van der Waals surface area contributed by atoms with Crippen LogP contribution in [0.5, 0.6) is 5.75 Å². The summed E-state index contributed by atoms with van der Waals surface area (Å²) < 4.78 is 15.1. The molecule has 0 aromatic heterocycles. The standard InChI is InChI=1S/C17H18O2S/c1-11-9-12(2)15-7-8-17(16(15)10-11)19-13-3-5-14(20-18)6-4-13/h3-6,9-10,17-18H,7-8H2,1-2H3/t17-/m1/s1. The molecule has 20 heavy (non-hydrogen) atoms. The molecule has 0 saturated carbocycles. The van der Waals surface area contributed by atoms with Gasteiger partial charge < -0.3 is 9.29 Å². The minimum Gasteiger partial charge on any atom is -0.486 e. The average Bonchev–Trinajstić information content (AvgIpc) is 2.83. The Kier molecular flexibility index (Phi) is 3.72. The Hall–Kier alpha value is -1.45. The van der Waals surface area contributed by atoms with E-state index in [0.29, 0.717) is 0 Å². The molecule has 0 heterocycles. The van der Waals surface area contributed by atoms with Crippen LogP contribution in [-0.2, 0) is 6.42 Å². The van der Waals surface area contributed by atoms with Crippen LogP contribution in [-0.4, -0.2) is 4.55 Å². The SMILES string of the molecule is Cc1cc(C)c2c(c1)[C@H](Oc1ccc(SO)cc1)CC2. The fourth-order valence-corrected chi connectivity index (χ4v) is 3.21. The lowest BCUT2D eigenvalue weighted by Crippen LogP contribution is -2.04. The number of aryl methyl sites for hydroxylation is 2. The molecule has 3 rings (SSSR count). The van der Waals surface area contributed by atoms with Crippen LogP contribution >= 0.6 is 12.0 Å². The smallest absolute Gasteiger partial charge is 0.124 e. The average molecular weight is 286 g/mol. The van der Waals surface area contributed by atoms with E-state index in [1.807, 2.05) is 24.3 Å². The predicted octanol–water partition coefficient (Wildman–Crippen LogP) is 4.93. The van der Waals surface area contributed by atoms with Crippen molar-refractivity contribution in [3.63, 3.8) is 0 Å². The van der Waals surface area contributed by atoms with Crippen molar-refractivity contribution in [3.8, 4) is 5.75 Å². The number of fused-ring (bicyclic) bond motifs is 1. The summed E-state index contributed by atoms with van der Waals surface area (Å²) in [5.74, 6) is 0.861. The van der Waals surface area contributed by atoms with Gasteiger partial charge in [-0.3, -0.25) is 0 Å². The van der Waals surface area contributed by atoms with Crippen LogP contribution in [0.3, 0.4) is 0 Å². The molecule has 0 fully saturated rings. The van der Waals surface area contributed by atoms with Gasteiger partial charge >= 0.3 is 0 Å². The highest BCUT2D eigenvalue weighted by molar-refractivity contribution is 7.93. The lowest BCUT2D eigenvalue weighted by Gasteiger charge is -2.16. The fourth-order valence-electron chi connectivity index (χ4n) is 2.96. The van der Waals surface area contributed by atoms with E-state index >= 15 is 0 Å². The van der Waals surface area contributed by atoms with Gasteiger partial charge in [0.05, 0.1) is 0 Å². The second-order valence-corrected chi connectivity index (χ2v) is 6.01. The van der Waals surface area contributed by atoms with Gasteiger partial charge in [-0.2, -0.15) is 0 Å². The van der Waals surface area contributed by atoms with Gasteiger partial charge in [-0.05, 0) is 67.6 Å². The van der Waals surface area contributed by atoms with E-state index in [4.69, 9.17) is 9.29 Å². The molecule has 2 aromatic rings. The maximum Gasteiger partial charge on any atom is 0.124 e. The van der Waals surface area contributed by atoms with Gasteiger partial charge in [-0.25, -0.2) is 0 Å². The lowest BCUT2D eigenvalue weighted by molar-refractivity contribution is 0.207. The van der Waals surface area contributed by atoms with Gasteiger partial charge in [0.25, 0.3) is 0 Å². The summed E-state index contributed by atoms with van der Waals surface area (Å²) in [6.45, 7) is 4.32. The van der Waals surface area contributed by atoms with E-state index in [1.54, 1.807) is 0 Å². The van der Waals surface area contributed by atoms with E-state index < -0.39 is 0 Å². The quantitative estimate of drug-likeness (QED) is 0.811. The normalized spacial score (nSPS) is 17.1. The number of rotatable bonds is 3. The van der Waals surface area contributed by atoms with E-state index in [0.717, 1.165) is 35.5 Å². The molecule has 1 aliphatic carbocycles. The molecule has 3 heteroatoms. The predicted molar refractivity (Wildman–Crippen MR) is 82.5 cm³/mol. The highest BCUT2D eigenvalue weighted by Gasteiger charge is 2.25. The number of benzene rings is 2. The molecule has 0 bridgehead atoms. The first-order valence-corrected chi connectivity index (χ1v) is 7.63. The monoisotopic (exact) mass is 286 g/mol. The van der Waals surface area contributed by atoms with E-state index in [9.17, 15) is 0 Å². The summed E-state index contributed by atoms with van der Waals surface area (Å²) >= 11 is 0.757. The van der Waals surface area contributed by atoms with Gasteiger partial charge in [0.2, 0.25) is 0 Å². The van der Waals surface area contributed by atoms with Crippen LogP contribution in [0.15, 0.2) is 41.3 Å². The third kappa shape index (κ3) is 2.56. The van der Waals surface area contributed by atoms with Crippen molar-refractivity contribution in [1.29, 1.82) is 0 Å². The van der Waals surface area contributed by atoms with Crippen LogP contribution in [0.1, 0.15) is 34.8 Å². The Balaban J connectivity index is 1.84. The molecule has 0 unspecified atom stereocenters. The van der Waals surface area contributed by atoms with Gasteiger partial charge in [-0.1, -0.05) is 17.7 Å². The Labute approximate surface area is 124 Å². The summed E-state index contributed by atoms with van der Waals surface area (Å²) in [5, 5.41) is 0. The third-order valence-electron chi connectivity index (χ3n) is 3.86. The molecule has 0 radical (unpaired) electrons. The molecular formula is C17H18O2S. The number of hydrogen-bond donors (Lipinski definition) is 1. The first kappa shape index (κ1) is 13.5. The third-order valence-corrected chi connectivity index (χ3v) is 4.35. The molecule has 1 aliphatic rings. The zero-order chi connectivity index (χ0) is 14.1. The Morgan fingerprint density at radius 1 is 1.15 bits per heavy atom. The van der Waals surface area contributed by atoms with Crippen molar-refractivity contribution in [2.45, 2.75) is 37.7 Å². The maximum atomic E-state index is 8.98. The van der Waals surface area contributed by atoms with Crippen LogP contribution in [0.25, 0.3) is 0 Å². The summed E-state index contributed by atoms with van der Waals surface area (Å²) in [7, 11) is 0. The summed E-state index contributed by atoms with van der Waals surface area (Å²) in [6, 6.07) is 12.1. The molecular weight excluding hydrogens is 268 g/mol. The van der Waals surface area contributed by atoms with Crippen LogP contribution in [0.4, 0.5) is 0 Å². The lowest BCUT2D eigenvalue weighted by atomic mass is 10.0. The zero-order valence-electron chi connectivity index (χ0n) is 11.7. The zero-order valence-corrected chi connectivity index (χ0v) is 12.5. The summed E-state index contributed by atoms with van der Waals surface area (Å²) in [5.41, 5.74) is 5.45. The number of hydrogen-bond acceptors (Lipinski definition) is 3. The van der Waals surface area contributed by atoms with Crippen molar-refractivity contribution in [1.82, 2.24) is 0 Å². The van der Waals surface area contributed by atoms with Gasteiger partial charge in [0.15, 0.2) is 0 Å². The summed E-state index contributed by atoms with van der Waals surface area (Å²) in [6.07, 6.45) is 2.28. The highest BCUT2D eigenvalue weighted by atomic mass is 32.2. The van der Waals surface area contributed by atoms with Crippen molar-refractivity contribution in [2.75, 3.05) is 0 Å². The molecule has 2 nitrogen and oxygen atoms in total. The Morgan fingerprint density at radius 2 is 1.90 bits per heavy atom. The first-order valence-electron chi connectivity index (χ1n) is 6.85. The molecule has 0 spiro atoms. The van der Waals surface area contributed by atoms with Crippen molar-refractivity contribution >= 4 is 12.0 Å². The van der Waals surface area contributed by atoms with E-state index in [2.05, 4.69) is 26.0 Å². The van der Waals surface area contributed by atoms with Gasteiger partial charge in [0, 0.05) is 16.9 Å². The maximum absolute atomic E-state index is 8.98. The van der Waals surface area contributed by atoms with E-state index in [1.165, 1.54) is 22.3 Å². The fraction of sp³-hybridized carbons (Fsp3) is 0.294. The second-order valence-electron chi connectivity index (χ2n) is 5.36. The molecule has 0 amide bonds. The molecule has 0 aliphatic heterocycles. The van der Waals surface area contributed by atoms with Crippen molar-refractivity contribution < 1.29 is 9.29 Å². The Morgan fingerprint density at radius 3 is 2.60 bits per heavy atom. The van der Waals surface area contributed by atoms with Crippen LogP contribution in [0, 0.1) is 13.8 Å². The topological polar surface area (TPSA) is 29.5 Å². The minimum atomic E-state index is 0.149. The highest BCUT2D eigenvalue weighted by Crippen LogP contribution is 2.37. The van der Waals surface area contributed by atoms with Crippen LogP contribution in [0.2, 0.25) is 0 Å². The van der Waals surface area contributed by atoms with Gasteiger partial charge in [0.1, 0.15) is 11.9 Å². The van der Waals surface area contributed by atoms with E-state index in [-0.39, 0.29) is 6.10 Å². The minimum absolute atomic E-state index is 0.149. The molecule has 2 aromatic carbocycles. The molecule has 104 valence electrons. The van der Waals surface area contributed by atoms with Crippen molar-refractivity contribution in [3.05, 3.63) is 58.7 Å². The Bertz CT molecular complexity index is 620.